The van der Waals surface area contributed by atoms with E-state index in [9.17, 15) is 5.11 Å². The van der Waals surface area contributed by atoms with Crippen molar-refractivity contribution in [3.05, 3.63) is 66.5 Å². The van der Waals surface area contributed by atoms with Crippen molar-refractivity contribution in [2.45, 2.75) is 6.54 Å². The number of imidazole rings is 1. The lowest BCUT2D eigenvalue weighted by molar-refractivity contribution is 0.474. The molecule has 0 bridgehead atoms. The second-order valence-electron chi connectivity index (χ2n) is 5.49. The van der Waals surface area contributed by atoms with Crippen LogP contribution in [0, 0.1) is 0 Å². The fourth-order valence-corrected chi connectivity index (χ4v) is 2.46. The summed E-state index contributed by atoms with van der Waals surface area (Å²) in [5.74, 6) is 1.21. The molecule has 1 N–H and O–H groups in total. The summed E-state index contributed by atoms with van der Waals surface area (Å²) >= 11 is 0. The first-order chi connectivity index (χ1) is 10.6. The molecule has 0 radical (unpaired) electrons. The molecule has 1 heterocycles. The quantitative estimate of drug-likeness (QED) is 0.802. The van der Waals surface area contributed by atoms with E-state index < -0.39 is 0 Å². The molecule has 0 spiro atoms. The molecule has 0 aliphatic heterocycles. The van der Waals surface area contributed by atoms with Crippen LogP contribution >= 0.6 is 0 Å². The zero-order chi connectivity index (χ0) is 15.5. The Balaban J connectivity index is 1.88. The van der Waals surface area contributed by atoms with Crippen molar-refractivity contribution in [3.63, 3.8) is 0 Å². The van der Waals surface area contributed by atoms with Crippen molar-refractivity contribution in [1.29, 1.82) is 0 Å². The Hall–Kier alpha value is -2.75. The highest BCUT2D eigenvalue weighted by Crippen LogP contribution is 2.22. The number of aromatic nitrogens is 2. The third-order valence-corrected chi connectivity index (χ3v) is 3.62. The van der Waals surface area contributed by atoms with E-state index in [1.165, 1.54) is 0 Å². The van der Waals surface area contributed by atoms with Gasteiger partial charge < -0.3 is 14.6 Å². The predicted octanol–water partition coefficient (Wildman–Crippen LogP) is 3.37. The maximum absolute atomic E-state index is 9.58. The number of nitrogens with zero attached hydrogens (tertiary/aromatic N) is 3. The monoisotopic (exact) mass is 293 g/mol. The molecule has 22 heavy (non-hydrogen) atoms. The molecule has 0 amide bonds. The summed E-state index contributed by atoms with van der Waals surface area (Å²) in [6.07, 6.45) is 3.76. The van der Waals surface area contributed by atoms with Gasteiger partial charge in [0.2, 0.25) is 0 Å². The lowest BCUT2D eigenvalue weighted by Gasteiger charge is -2.13. The van der Waals surface area contributed by atoms with Crippen LogP contribution < -0.4 is 4.90 Å². The van der Waals surface area contributed by atoms with Crippen molar-refractivity contribution in [1.82, 2.24) is 9.55 Å². The molecule has 4 nitrogen and oxygen atoms in total. The van der Waals surface area contributed by atoms with Gasteiger partial charge in [0, 0.05) is 44.3 Å². The summed E-state index contributed by atoms with van der Waals surface area (Å²) in [6.45, 7) is 0.680. The zero-order valence-corrected chi connectivity index (χ0v) is 12.8. The summed E-state index contributed by atoms with van der Waals surface area (Å²) in [7, 11) is 4.05. The zero-order valence-electron chi connectivity index (χ0n) is 12.8. The fraction of sp³-hybridized carbons (Fsp3) is 0.167. The van der Waals surface area contributed by atoms with Crippen LogP contribution in [0.2, 0.25) is 0 Å². The van der Waals surface area contributed by atoms with E-state index in [1.807, 2.05) is 32.4 Å². The van der Waals surface area contributed by atoms with Gasteiger partial charge in [0.15, 0.2) is 0 Å². The van der Waals surface area contributed by atoms with Crippen LogP contribution in [0.4, 0.5) is 5.69 Å². The average molecular weight is 293 g/mol. The molecule has 0 fully saturated rings. The largest absolute Gasteiger partial charge is 0.508 e. The smallest absolute Gasteiger partial charge is 0.140 e. The molecule has 0 aliphatic rings. The van der Waals surface area contributed by atoms with Crippen molar-refractivity contribution in [2.75, 3.05) is 19.0 Å². The maximum atomic E-state index is 9.58. The summed E-state index contributed by atoms with van der Waals surface area (Å²) in [5.41, 5.74) is 3.29. The third kappa shape index (κ3) is 2.96. The Morgan fingerprint density at radius 3 is 2.55 bits per heavy atom. The number of rotatable bonds is 4. The van der Waals surface area contributed by atoms with Gasteiger partial charge >= 0.3 is 0 Å². The number of phenols is 1. The first kappa shape index (κ1) is 14.2. The highest BCUT2D eigenvalue weighted by Gasteiger charge is 2.07. The number of benzene rings is 2. The Morgan fingerprint density at radius 2 is 1.86 bits per heavy atom. The molecule has 112 valence electrons. The summed E-state index contributed by atoms with van der Waals surface area (Å²) < 4.78 is 2.08. The van der Waals surface area contributed by atoms with Gasteiger partial charge in [-0.05, 0) is 42.0 Å². The Labute approximate surface area is 130 Å². The summed E-state index contributed by atoms with van der Waals surface area (Å²) in [4.78, 5) is 6.54. The van der Waals surface area contributed by atoms with E-state index in [4.69, 9.17) is 0 Å². The van der Waals surface area contributed by atoms with E-state index in [1.54, 1.807) is 18.3 Å². The molecule has 2 aromatic carbocycles. The molecular formula is C18H19N3O. The molecule has 0 saturated heterocycles. The average Bonchev–Trinajstić information content (AvgIpc) is 2.95. The molecule has 0 unspecified atom stereocenters. The molecule has 0 saturated carbocycles. The van der Waals surface area contributed by atoms with Crippen LogP contribution in [0.5, 0.6) is 5.75 Å². The van der Waals surface area contributed by atoms with Crippen LogP contribution in [0.15, 0.2) is 60.9 Å². The molecule has 3 rings (SSSR count). The Morgan fingerprint density at radius 1 is 1.09 bits per heavy atom. The highest BCUT2D eigenvalue weighted by atomic mass is 16.3. The number of anilines is 1. The predicted molar refractivity (Wildman–Crippen MR) is 89.2 cm³/mol. The van der Waals surface area contributed by atoms with E-state index in [-0.39, 0.29) is 5.75 Å². The minimum Gasteiger partial charge on any atom is -0.508 e. The second kappa shape index (κ2) is 5.93. The molecule has 4 heteroatoms. The summed E-state index contributed by atoms with van der Waals surface area (Å²) in [6, 6.07) is 15.6. The van der Waals surface area contributed by atoms with Gasteiger partial charge in [-0.3, -0.25) is 0 Å². The van der Waals surface area contributed by atoms with Gasteiger partial charge in [0.25, 0.3) is 0 Å². The molecule has 1 aromatic heterocycles. The standard InChI is InChI=1S/C18H19N3O/c1-20(2)16-8-6-15(7-9-16)18-19-10-11-21(18)13-14-4-3-5-17(22)12-14/h3-12,22H,13H2,1-2H3. The van der Waals surface area contributed by atoms with E-state index in [0.29, 0.717) is 6.54 Å². The van der Waals surface area contributed by atoms with Gasteiger partial charge in [0.1, 0.15) is 11.6 Å². The third-order valence-electron chi connectivity index (χ3n) is 3.62. The highest BCUT2D eigenvalue weighted by molar-refractivity contribution is 5.60. The fourth-order valence-electron chi connectivity index (χ4n) is 2.46. The Kier molecular flexibility index (Phi) is 3.83. The van der Waals surface area contributed by atoms with Gasteiger partial charge in [-0.2, -0.15) is 0 Å². The molecular weight excluding hydrogens is 274 g/mol. The second-order valence-corrected chi connectivity index (χ2v) is 5.49. The first-order valence-corrected chi connectivity index (χ1v) is 7.20. The van der Waals surface area contributed by atoms with Gasteiger partial charge in [-0.1, -0.05) is 12.1 Å². The van der Waals surface area contributed by atoms with Crippen molar-refractivity contribution >= 4 is 5.69 Å². The minimum absolute atomic E-state index is 0.287. The number of hydrogen-bond acceptors (Lipinski definition) is 3. The van der Waals surface area contributed by atoms with E-state index in [0.717, 1.165) is 22.6 Å². The Bertz CT molecular complexity index is 760. The summed E-state index contributed by atoms with van der Waals surface area (Å²) in [5, 5.41) is 9.58. The van der Waals surface area contributed by atoms with Gasteiger partial charge in [-0.25, -0.2) is 4.98 Å². The topological polar surface area (TPSA) is 41.3 Å². The van der Waals surface area contributed by atoms with Gasteiger partial charge in [-0.15, -0.1) is 0 Å². The molecule has 0 aliphatic carbocycles. The van der Waals surface area contributed by atoms with Crippen LogP contribution in [0.25, 0.3) is 11.4 Å². The number of aromatic hydroxyl groups is 1. The van der Waals surface area contributed by atoms with Gasteiger partial charge in [0.05, 0.1) is 0 Å². The van der Waals surface area contributed by atoms with E-state index >= 15 is 0 Å². The van der Waals surface area contributed by atoms with Crippen LogP contribution in [0.1, 0.15) is 5.56 Å². The van der Waals surface area contributed by atoms with Crippen molar-refractivity contribution in [3.8, 4) is 17.1 Å². The maximum Gasteiger partial charge on any atom is 0.140 e. The number of hydrogen-bond donors (Lipinski definition) is 1. The molecule has 3 aromatic rings. The van der Waals surface area contributed by atoms with Crippen LogP contribution in [-0.2, 0) is 6.54 Å². The SMILES string of the molecule is CN(C)c1ccc(-c2nccn2Cc2cccc(O)c2)cc1. The van der Waals surface area contributed by atoms with Crippen LogP contribution in [-0.4, -0.2) is 28.8 Å². The first-order valence-electron chi connectivity index (χ1n) is 7.20. The molecule has 0 atom stereocenters. The normalized spacial score (nSPS) is 10.6. The lowest BCUT2D eigenvalue weighted by Crippen LogP contribution is -2.08. The lowest BCUT2D eigenvalue weighted by atomic mass is 10.1. The van der Waals surface area contributed by atoms with Crippen LogP contribution in [0.3, 0.4) is 0 Å². The van der Waals surface area contributed by atoms with E-state index in [2.05, 4.69) is 38.7 Å². The number of phenolic OH excluding ortho intramolecular Hbond substituents is 1. The van der Waals surface area contributed by atoms with Crippen molar-refractivity contribution in [2.24, 2.45) is 0 Å². The minimum atomic E-state index is 0.287. The van der Waals surface area contributed by atoms with Crippen molar-refractivity contribution < 1.29 is 5.11 Å².